The summed E-state index contributed by atoms with van der Waals surface area (Å²) in [5, 5.41) is 4.63. The predicted octanol–water partition coefficient (Wildman–Crippen LogP) is 0.261. The molecule has 0 fully saturated rings. The van der Waals surface area contributed by atoms with Crippen LogP contribution >= 0.6 is 0 Å². The van der Waals surface area contributed by atoms with Gasteiger partial charge in [0.15, 0.2) is 0 Å². The molecule has 2 aromatic carbocycles. The van der Waals surface area contributed by atoms with Crippen LogP contribution in [0.5, 0.6) is 0 Å². The van der Waals surface area contributed by atoms with Crippen LogP contribution in [0.2, 0.25) is 0 Å². The Morgan fingerprint density at radius 1 is 0.951 bits per heavy atom. The lowest BCUT2D eigenvalue weighted by Crippen LogP contribution is -2.59. The highest BCUT2D eigenvalue weighted by Crippen LogP contribution is 2.29. The SMILES string of the molecule is NCCN(CCN)NC(=O)C[C@@](N)(C(=O)N[C@@H](Cc1ccc(C(F)(F)F)cc1)C(N)=O)c1cnc2ccccc2c1. The minimum Gasteiger partial charge on any atom is -0.368 e. The molecule has 0 spiro atoms. The van der Waals surface area contributed by atoms with Gasteiger partial charge in [-0.05, 0) is 29.8 Å². The van der Waals surface area contributed by atoms with Gasteiger partial charge in [0.05, 0.1) is 17.5 Å². The number of rotatable bonds is 13. The predicted molar refractivity (Wildman–Crippen MR) is 146 cm³/mol. The Morgan fingerprint density at radius 2 is 1.59 bits per heavy atom. The van der Waals surface area contributed by atoms with Gasteiger partial charge >= 0.3 is 6.18 Å². The molecule has 0 aliphatic heterocycles. The number of fused-ring (bicyclic) bond motifs is 1. The maximum atomic E-state index is 13.7. The van der Waals surface area contributed by atoms with Crippen LogP contribution in [0.3, 0.4) is 0 Å². The first-order valence-corrected chi connectivity index (χ1v) is 12.7. The van der Waals surface area contributed by atoms with Gasteiger partial charge in [0.2, 0.25) is 17.7 Å². The van der Waals surface area contributed by atoms with Gasteiger partial charge in [0.25, 0.3) is 0 Å². The Hall–Kier alpha value is -4.11. The number of hydrogen-bond donors (Lipinski definition) is 6. The third-order valence-electron chi connectivity index (χ3n) is 6.40. The van der Waals surface area contributed by atoms with Gasteiger partial charge in [-0.25, -0.2) is 5.01 Å². The highest BCUT2D eigenvalue weighted by molar-refractivity contribution is 5.96. The van der Waals surface area contributed by atoms with Crippen molar-refractivity contribution in [2.24, 2.45) is 22.9 Å². The van der Waals surface area contributed by atoms with Crippen molar-refractivity contribution in [1.82, 2.24) is 20.7 Å². The third-order valence-corrected chi connectivity index (χ3v) is 6.40. The molecule has 10 N–H and O–H groups in total. The Kier molecular flexibility index (Phi) is 10.3. The monoisotopic (exact) mass is 574 g/mol. The van der Waals surface area contributed by atoms with E-state index in [1.807, 2.05) is 0 Å². The van der Waals surface area contributed by atoms with Gasteiger partial charge in [-0.3, -0.25) is 24.8 Å². The summed E-state index contributed by atoms with van der Waals surface area (Å²) in [7, 11) is 0. The Bertz CT molecular complexity index is 1360. The highest BCUT2D eigenvalue weighted by atomic mass is 19.4. The minimum absolute atomic E-state index is 0.186. The largest absolute Gasteiger partial charge is 0.416 e. The van der Waals surface area contributed by atoms with Crippen LogP contribution < -0.4 is 33.7 Å². The molecular weight excluding hydrogens is 541 g/mol. The molecule has 220 valence electrons. The molecule has 14 heteroatoms. The molecule has 11 nitrogen and oxygen atoms in total. The molecule has 0 radical (unpaired) electrons. The minimum atomic E-state index is -4.53. The number of nitrogens with two attached hydrogens (primary N) is 4. The van der Waals surface area contributed by atoms with Crippen molar-refractivity contribution in [2.75, 3.05) is 26.2 Å². The van der Waals surface area contributed by atoms with Gasteiger partial charge in [-0.15, -0.1) is 0 Å². The van der Waals surface area contributed by atoms with E-state index in [0.29, 0.717) is 29.6 Å². The summed E-state index contributed by atoms with van der Waals surface area (Å²) < 4.78 is 38.8. The zero-order chi connectivity index (χ0) is 30.2. The van der Waals surface area contributed by atoms with Gasteiger partial charge < -0.3 is 28.3 Å². The zero-order valence-electron chi connectivity index (χ0n) is 22.2. The fourth-order valence-electron chi connectivity index (χ4n) is 4.21. The maximum absolute atomic E-state index is 13.7. The van der Waals surface area contributed by atoms with Crippen LogP contribution in [0, 0.1) is 0 Å². The number of halogens is 3. The van der Waals surface area contributed by atoms with E-state index in [-0.39, 0.29) is 25.1 Å². The first kappa shape index (κ1) is 31.4. The number of primary amides is 1. The quantitative estimate of drug-likeness (QED) is 0.156. The van der Waals surface area contributed by atoms with Crippen molar-refractivity contribution in [3.8, 4) is 0 Å². The third kappa shape index (κ3) is 8.20. The molecule has 41 heavy (non-hydrogen) atoms. The summed E-state index contributed by atoms with van der Waals surface area (Å²) in [6, 6.07) is 11.4. The van der Waals surface area contributed by atoms with Gasteiger partial charge in [0, 0.05) is 49.7 Å². The molecule has 1 aromatic heterocycles. The van der Waals surface area contributed by atoms with E-state index in [2.05, 4.69) is 15.7 Å². The molecule has 3 rings (SSSR count). The van der Waals surface area contributed by atoms with Crippen molar-refractivity contribution in [1.29, 1.82) is 0 Å². The number of aromatic nitrogens is 1. The summed E-state index contributed by atoms with van der Waals surface area (Å²) in [5.41, 5.74) is 24.2. The molecule has 0 unspecified atom stereocenters. The Balaban J connectivity index is 1.91. The number of hydrazine groups is 1. The first-order chi connectivity index (χ1) is 19.4. The van der Waals surface area contributed by atoms with E-state index >= 15 is 0 Å². The van der Waals surface area contributed by atoms with Gasteiger partial charge in [0.1, 0.15) is 11.6 Å². The molecule has 2 atom stereocenters. The molecule has 0 aliphatic rings. The zero-order valence-corrected chi connectivity index (χ0v) is 22.2. The Morgan fingerprint density at radius 3 is 2.17 bits per heavy atom. The van der Waals surface area contributed by atoms with Crippen molar-refractivity contribution >= 4 is 28.6 Å². The lowest BCUT2D eigenvalue weighted by atomic mass is 9.86. The standard InChI is InChI=1S/C27H33F3N8O3/c28-27(29,30)19-7-5-17(6-8-19)13-22(24(33)40)36-25(41)26(34,15-23(39)37-38(11-9-31)12-10-32)20-14-18-3-1-2-4-21(18)35-16-20/h1-8,14,16,22H,9-13,15,31-32,34H2,(H2,33,40)(H,36,41)(H,37,39)/t22-,26-/m0/s1. The van der Waals surface area contributed by atoms with E-state index in [9.17, 15) is 27.6 Å². The number of nitrogens with one attached hydrogen (secondary N) is 2. The second-order valence-electron chi connectivity index (χ2n) is 9.49. The molecule has 0 aliphatic carbocycles. The molecule has 1 heterocycles. The topological polar surface area (TPSA) is 195 Å². The molecule has 0 bridgehead atoms. The highest BCUT2D eigenvalue weighted by Gasteiger charge is 2.41. The number of carbonyl (C=O) groups excluding carboxylic acids is 3. The number of carbonyl (C=O) groups is 3. The van der Waals surface area contributed by atoms with Crippen LogP contribution in [0.25, 0.3) is 10.9 Å². The van der Waals surface area contributed by atoms with Gasteiger partial charge in [-0.1, -0.05) is 30.3 Å². The molecule has 3 amide bonds. The maximum Gasteiger partial charge on any atom is 0.416 e. The smallest absolute Gasteiger partial charge is 0.368 e. The van der Waals surface area contributed by atoms with E-state index < -0.39 is 47.5 Å². The normalized spacial score (nSPS) is 13.9. The lowest BCUT2D eigenvalue weighted by molar-refractivity contribution is -0.137. The van der Waals surface area contributed by atoms with E-state index in [0.717, 1.165) is 12.1 Å². The summed E-state index contributed by atoms with van der Waals surface area (Å²) >= 11 is 0. The molecule has 0 saturated heterocycles. The summed E-state index contributed by atoms with van der Waals surface area (Å²) in [6.45, 7) is 1.04. The summed E-state index contributed by atoms with van der Waals surface area (Å²) in [4.78, 5) is 43.4. The first-order valence-electron chi connectivity index (χ1n) is 12.7. The van der Waals surface area contributed by atoms with Crippen molar-refractivity contribution in [3.63, 3.8) is 0 Å². The van der Waals surface area contributed by atoms with Crippen LogP contribution in [0.1, 0.15) is 23.1 Å². The lowest BCUT2D eigenvalue weighted by Gasteiger charge is -2.31. The number of alkyl halides is 3. The molecular formula is C27H33F3N8O3. The van der Waals surface area contributed by atoms with E-state index in [4.69, 9.17) is 22.9 Å². The van der Waals surface area contributed by atoms with Gasteiger partial charge in [-0.2, -0.15) is 13.2 Å². The molecule has 0 saturated carbocycles. The summed E-state index contributed by atoms with van der Waals surface area (Å²) in [5.74, 6) is -2.49. The van der Waals surface area contributed by atoms with Crippen molar-refractivity contribution in [2.45, 2.75) is 30.6 Å². The number of pyridine rings is 1. The second kappa shape index (κ2) is 13.5. The fourth-order valence-corrected chi connectivity index (χ4v) is 4.21. The van der Waals surface area contributed by atoms with Crippen molar-refractivity contribution in [3.05, 3.63) is 77.5 Å². The number of amides is 3. The second-order valence-corrected chi connectivity index (χ2v) is 9.49. The number of nitrogens with zero attached hydrogens (tertiary/aromatic N) is 2. The van der Waals surface area contributed by atoms with E-state index in [1.54, 1.807) is 30.3 Å². The molecule has 3 aromatic rings. The summed E-state index contributed by atoms with van der Waals surface area (Å²) in [6.07, 6.45) is -3.94. The van der Waals surface area contributed by atoms with E-state index in [1.165, 1.54) is 23.3 Å². The average molecular weight is 575 g/mol. The Labute approximate surface area is 234 Å². The number of benzene rings is 2. The van der Waals surface area contributed by atoms with Crippen LogP contribution in [-0.2, 0) is 32.5 Å². The number of hydrogen-bond acceptors (Lipinski definition) is 8. The van der Waals surface area contributed by atoms with Crippen molar-refractivity contribution < 1.29 is 27.6 Å². The average Bonchev–Trinajstić information content (AvgIpc) is 2.92. The fraction of sp³-hybridized carbons (Fsp3) is 0.333. The van der Waals surface area contributed by atoms with Crippen LogP contribution in [0.4, 0.5) is 13.2 Å². The number of para-hydroxylation sites is 1. The van der Waals surface area contributed by atoms with Crippen LogP contribution in [-0.4, -0.2) is 59.9 Å². The van der Waals surface area contributed by atoms with Crippen LogP contribution in [0.15, 0.2) is 60.8 Å².